The predicted octanol–water partition coefficient (Wildman–Crippen LogP) is -0.375. The van der Waals surface area contributed by atoms with Crippen molar-refractivity contribution in [2.45, 2.75) is 25.3 Å². The Balaban J connectivity index is 0.00000144. The first-order valence-electron chi connectivity index (χ1n) is 4.53. The van der Waals surface area contributed by atoms with E-state index in [2.05, 4.69) is 10.6 Å². The molecule has 4 nitrogen and oxygen atoms in total. The molecule has 5 heteroatoms. The van der Waals surface area contributed by atoms with Crippen molar-refractivity contribution < 1.29 is 4.79 Å². The third kappa shape index (κ3) is 5.08. The summed E-state index contributed by atoms with van der Waals surface area (Å²) in [5.41, 5.74) is 5.26. The SMILES string of the molecule is Cl.NCCC(=O)N[C@@H]1CCCNC1. The van der Waals surface area contributed by atoms with Gasteiger partial charge in [0.1, 0.15) is 0 Å². The molecule has 0 saturated carbocycles. The number of hydrogen-bond acceptors (Lipinski definition) is 3. The zero-order valence-corrected chi connectivity index (χ0v) is 8.53. The second-order valence-corrected chi connectivity index (χ2v) is 3.15. The summed E-state index contributed by atoms with van der Waals surface area (Å²) >= 11 is 0. The van der Waals surface area contributed by atoms with Gasteiger partial charge in [-0.25, -0.2) is 0 Å². The maximum absolute atomic E-state index is 11.1. The molecule has 0 aromatic rings. The van der Waals surface area contributed by atoms with Gasteiger partial charge in [0.05, 0.1) is 0 Å². The number of amides is 1. The topological polar surface area (TPSA) is 67.2 Å². The molecule has 1 saturated heterocycles. The van der Waals surface area contributed by atoms with Crippen LogP contribution in [0.25, 0.3) is 0 Å². The van der Waals surface area contributed by atoms with Gasteiger partial charge in [-0.1, -0.05) is 0 Å². The zero-order valence-electron chi connectivity index (χ0n) is 7.71. The third-order valence-corrected chi connectivity index (χ3v) is 2.03. The molecule has 1 aliphatic rings. The normalized spacial score (nSPS) is 21.8. The predicted molar refractivity (Wildman–Crippen MR) is 55.0 cm³/mol. The summed E-state index contributed by atoms with van der Waals surface area (Å²) in [4.78, 5) is 11.1. The summed E-state index contributed by atoms with van der Waals surface area (Å²) in [5.74, 6) is 0.0752. The Kier molecular flexibility index (Phi) is 6.94. The van der Waals surface area contributed by atoms with Crippen molar-refractivity contribution in [3.8, 4) is 0 Å². The van der Waals surface area contributed by atoms with Crippen LogP contribution in [0.5, 0.6) is 0 Å². The fourth-order valence-corrected chi connectivity index (χ4v) is 1.41. The van der Waals surface area contributed by atoms with Crippen molar-refractivity contribution in [1.29, 1.82) is 0 Å². The lowest BCUT2D eigenvalue weighted by molar-refractivity contribution is -0.121. The van der Waals surface area contributed by atoms with E-state index in [0.717, 1.165) is 25.9 Å². The summed E-state index contributed by atoms with van der Waals surface area (Å²) in [7, 11) is 0. The molecule has 1 aliphatic heterocycles. The molecule has 1 amide bonds. The van der Waals surface area contributed by atoms with Crippen LogP contribution in [0.3, 0.4) is 0 Å². The highest BCUT2D eigenvalue weighted by Crippen LogP contribution is 2.00. The Bertz CT molecular complexity index is 148. The second-order valence-electron chi connectivity index (χ2n) is 3.15. The number of rotatable bonds is 3. The number of nitrogens with one attached hydrogen (secondary N) is 2. The molecular weight excluding hydrogens is 190 g/mol. The lowest BCUT2D eigenvalue weighted by atomic mass is 10.1. The standard InChI is InChI=1S/C8H17N3O.ClH/c9-4-3-8(12)11-7-2-1-5-10-6-7;/h7,10H,1-6,9H2,(H,11,12);1H/t7-;/m1./s1. The maximum Gasteiger partial charge on any atom is 0.221 e. The Morgan fingerprint density at radius 3 is 2.92 bits per heavy atom. The minimum absolute atomic E-state index is 0. The van der Waals surface area contributed by atoms with Gasteiger partial charge in [-0.3, -0.25) is 4.79 Å². The molecule has 1 heterocycles. The van der Waals surface area contributed by atoms with E-state index in [4.69, 9.17) is 5.73 Å². The number of nitrogens with two attached hydrogens (primary N) is 1. The molecule has 1 fully saturated rings. The van der Waals surface area contributed by atoms with Crippen LogP contribution in [0.4, 0.5) is 0 Å². The molecule has 0 aromatic carbocycles. The van der Waals surface area contributed by atoms with E-state index in [-0.39, 0.29) is 18.3 Å². The first-order chi connectivity index (χ1) is 5.83. The molecule has 0 aliphatic carbocycles. The van der Waals surface area contributed by atoms with Crippen LogP contribution in [-0.2, 0) is 4.79 Å². The molecule has 78 valence electrons. The van der Waals surface area contributed by atoms with E-state index in [0.29, 0.717) is 19.0 Å². The molecule has 0 spiro atoms. The summed E-state index contributed by atoms with van der Waals surface area (Å²) in [6.45, 7) is 2.41. The number of carbonyl (C=O) groups excluding carboxylic acids is 1. The third-order valence-electron chi connectivity index (χ3n) is 2.03. The van der Waals surface area contributed by atoms with Crippen LogP contribution in [0.15, 0.2) is 0 Å². The van der Waals surface area contributed by atoms with Crippen LogP contribution >= 0.6 is 12.4 Å². The van der Waals surface area contributed by atoms with Gasteiger partial charge in [-0.15, -0.1) is 12.4 Å². The van der Waals surface area contributed by atoms with Crippen molar-refractivity contribution in [2.24, 2.45) is 5.73 Å². The minimum Gasteiger partial charge on any atom is -0.352 e. The van der Waals surface area contributed by atoms with Crippen LogP contribution in [0, 0.1) is 0 Å². The Morgan fingerprint density at radius 2 is 2.38 bits per heavy atom. The quantitative estimate of drug-likeness (QED) is 0.592. The molecule has 0 bridgehead atoms. The molecule has 1 atom stereocenters. The molecule has 4 N–H and O–H groups in total. The Hall–Kier alpha value is -0.320. The summed E-state index contributed by atoms with van der Waals surface area (Å²) in [6, 6.07) is 0.317. The summed E-state index contributed by atoms with van der Waals surface area (Å²) in [6.07, 6.45) is 2.67. The maximum atomic E-state index is 11.1. The van der Waals surface area contributed by atoms with Crippen LogP contribution < -0.4 is 16.4 Å². The number of hydrogen-bond donors (Lipinski definition) is 3. The average Bonchev–Trinajstić information content (AvgIpc) is 2.06. The van der Waals surface area contributed by atoms with Crippen molar-refractivity contribution >= 4 is 18.3 Å². The molecule has 13 heavy (non-hydrogen) atoms. The van der Waals surface area contributed by atoms with Crippen LogP contribution in [-0.4, -0.2) is 31.6 Å². The van der Waals surface area contributed by atoms with Crippen molar-refractivity contribution in [1.82, 2.24) is 10.6 Å². The second kappa shape index (κ2) is 7.12. The average molecular weight is 208 g/mol. The van der Waals surface area contributed by atoms with E-state index in [1.54, 1.807) is 0 Å². The fourth-order valence-electron chi connectivity index (χ4n) is 1.41. The van der Waals surface area contributed by atoms with Gasteiger partial charge in [-0.05, 0) is 19.4 Å². The van der Waals surface area contributed by atoms with Gasteiger partial charge in [0.15, 0.2) is 0 Å². The lowest BCUT2D eigenvalue weighted by Crippen LogP contribution is -2.45. The van der Waals surface area contributed by atoms with Crippen LogP contribution in [0.1, 0.15) is 19.3 Å². The first kappa shape index (κ1) is 12.7. The highest BCUT2D eigenvalue weighted by atomic mass is 35.5. The number of piperidine rings is 1. The van der Waals surface area contributed by atoms with E-state index < -0.39 is 0 Å². The minimum atomic E-state index is 0. The molecule has 1 rings (SSSR count). The van der Waals surface area contributed by atoms with Crippen LogP contribution in [0.2, 0.25) is 0 Å². The van der Waals surface area contributed by atoms with Crippen molar-refractivity contribution in [3.63, 3.8) is 0 Å². The molecule has 0 radical (unpaired) electrons. The van der Waals surface area contributed by atoms with Gasteiger partial charge in [0.2, 0.25) is 5.91 Å². The van der Waals surface area contributed by atoms with Gasteiger partial charge >= 0.3 is 0 Å². The number of halogens is 1. The van der Waals surface area contributed by atoms with E-state index >= 15 is 0 Å². The smallest absolute Gasteiger partial charge is 0.221 e. The monoisotopic (exact) mass is 207 g/mol. The molecule has 0 unspecified atom stereocenters. The fraction of sp³-hybridized carbons (Fsp3) is 0.875. The lowest BCUT2D eigenvalue weighted by Gasteiger charge is -2.23. The summed E-state index contributed by atoms with van der Waals surface area (Å²) < 4.78 is 0. The summed E-state index contributed by atoms with van der Waals surface area (Å²) in [5, 5.41) is 6.17. The highest BCUT2D eigenvalue weighted by molar-refractivity contribution is 5.85. The van der Waals surface area contributed by atoms with E-state index in [9.17, 15) is 4.79 Å². The molecule has 0 aromatic heterocycles. The van der Waals surface area contributed by atoms with Gasteiger partial charge in [0.25, 0.3) is 0 Å². The highest BCUT2D eigenvalue weighted by Gasteiger charge is 2.14. The first-order valence-corrected chi connectivity index (χ1v) is 4.53. The van der Waals surface area contributed by atoms with Gasteiger partial charge in [0, 0.05) is 25.6 Å². The largest absolute Gasteiger partial charge is 0.352 e. The van der Waals surface area contributed by atoms with Gasteiger partial charge in [-0.2, -0.15) is 0 Å². The number of carbonyl (C=O) groups is 1. The van der Waals surface area contributed by atoms with Gasteiger partial charge < -0.3 is 16.4 Å². The van der Waals surface area contributed by atoms with E-state index in [1.165, 1.54) is 0 Å². The van der Waals surface area contributed by atoms with Crippen molar-refractivity contribution in [2.75, 3.05) is 19.6 Å². The Labute approximate surface area is 85.0 Å². The van der Waals surface area contributed by atoms with E-state index in [1.807, 2.05) is 0 Å². The zero-order chi connectivity index (χ0) is 8.81. The van der Waals surface area contributed by atoms with Crippen molar-refractivity contribution in [3.05, 3.63) is 0 Å². The molecular formula is C8H18ClN3O. The Morgan fingerprint density at radius 1 is 1.62 bits per heavy atom.